The molecule has 1 fully saturated rings. The van der Waals surface area contributed by atoms with Crippen molar-refractivity contribution in [1.82, 2.24) is 10.1 Å². The summed E-state index contributed by atoms with van der Waals surface area (Å²) >= 11 is 13.3. The van der Waals surface area contributed by atoms with Gasteiger partial charge in [-0.3, -0.25) is 4.79 Å². The van der Waals surface area contributed by atoms with Crippen LogP contribution in [0, 0.1) is 0 Å². The highest BCUT2D eigenvalue weighted by Crippen LogP contribution is 2.56. The lowest BCUT2D eigenvalue weighted by atomic mass is 9.92. The van der Waals surface area contributed by atoms with Gasteiger partial charge in [-0.15, -0.1) is 0 Å². The van der Waals surface area contributed by atoms with E-state index in [-0.39, 0.29) is 35.2 Å². The topological polar surface area (TPSA) is 90.1 Å². The molecule has 1 aliphatic rings. The van der Waals surface area contributed by atoms with Crippen LogP contribution in [0.5, 0.6) is 0 Å². The van der Waals surface area contributed by atoms with Crippen LogP contribution in [0.3, 0.4) is 0 Å². The van der Waals surface area contributed by atoms with Crippen LogP contribution >= 0.6 is 23.2 Å². The number of carbonyl (C=O) groups is 1. The predicted octanol–water partition coefficient (Wildman–Crippen LogP) is 5.73. The predicted molar refractivity (Wildman–Crippen MR) is 131 cm³/mol. The third-order valence-corrected chi connectivity index (χ3v) is 8.51. The summed E-state index contributed by atoms with van der Waals surface area (Å²) in [5.41, 5.74) is 1.80. The summed E-state index contributed by atoms with van der Waals surface area (Å²) in [4.78, 5) is 17.5. The summed E-state index contributed by atoms with van der Waals surface area (Å²) in [7, 11) is -3.26. The minimum Gasteiger partial charge on any atom is -0.339 e. The number of benzene rings is 2. The van der Waals surface area contributed by atoms with Gasteiger partial charge in [-0.2, -0.15) is 4.98 Å². The lowest BCUT2D eigenvalue weighted by molar-refractivity contribution is -0.117. The van der Waals surface area contributed by atoms with Crippen molar-refractivity contribution in [2.24, 2.45) is 0 Å². The number of Topliss-reactive ketones (excluding diaryl/α,β-unsaturated/α-hetero) is 1. The molecule has 0 bridgehead atoms. The Hall–Kier alpha value is -2.22. The van der Waals surface area contributed by atoms with Crippen LogP contribution in [0.1, 0.15) is 67.9 Å². The number of aromatic nitrogens is 2. The normalized spacial score (nSPS) is 15.0. The molecule has 0 saturated heterocycles. The van der Waals surface area contributed by atoms with Gasteiger partial charge in [0.05, 0.1) is 16.1 Å². The van der Waals surface area contributed by atoms with Crippen LogP contribution in [0.15, 0.2) is 45.8 Å². The molecular formula is C25H26Cl2N2O4S. The Labute approximate surface area is 209 Å². The van der Waals surface area contributed by atoms with E-state index < -0.39 is 15.3 Å². The van der Waals surface area contributed by atoms with Crippen LogP contribution in [0.2, 0.25) is 10.0 Å². The van der Waals surface area contributed by atoms with Gasteiger partial charge in [0, 0.05) is 34.4 Å². The van der Waals surface area contributed by atoms with Crippen LogP contribution < -0.4 is 0 Å². The maximum Gasteiger partial charge on any atom is 0.229 e. The first-order chi connectivity index (χ1) is 16.1. The van der Waals surface area contributed by atoms with Crippen molar-refractivity contribution in [3.8, 4) is 0 Å². The second-order valence-corrected chi connectivity index (χ2v) is 12.2. The van der Waals surface area contributed by atoms with Crippen molar-refractivity contribution >= 4 is 38.8 Å². The van der Waals surface area contributed by atoms with Crippen molar-refractivity contribution < 1.29 is 17.7 Å². The van der Waals surface area contributed by atoms with E-state index in [1.807, 2.05) is 13.8 Å². The fourth-order valence-electron chi connectivity index (χ4n) is 4.06. The first-order valence-electron chi connectivity index (χ1n) is 11.2. The smallest absolute Gasteiger partial charge is 0.229 e. The molecule has 34 heavy (non-hydrogen) atoms. The molecule has 180 valence electrons. The van der Waals surface area contributed by atoms with E-state index >= 15 is 0 Å². The SMILES string of the molecule is CCS(=O)(=O)c1ccc(CC(=O)Cc2cc(Cl)c(C3(c4noc(C(C)C)n4)CC3)c(Cl)c2)cc1. The Morgan fingerprint density at radius 2 is 1.65 bits per heavy atom. The van der Waals surface area contributed by atoms with Crippen molar-refractivity contribution in [2.45, 2.75) is 62.7 Å². The fraction of sp³-hybridized carbons (Fsp3) is 0.400. The molecule has 0 spiro atoms. The number of rotatable bonds is 9. The van der Waals surface area contributed by atoms with Gasteiger partial charge in [-0.1, -0.05) is 61.3 Å². The molecule has 0 amide bonds. The van der Waals surface area contributed by atoms with E-state index in [1.54, 1.807) is 43.3 Å². The third kappa shape index (κ3) is 4.92. The number of nitrogens with zero attached hydrogens (tertiary/aromatic N) is 2. The largest absolute Gasteiger partial charge is 0.339 e. The molecular weight excluding hydrogens is 495 g/mol. The zero-order valence-corrected chi connectivity index (χ0v) is 21.6. The van der Waals surface area contributed by atoms with Gasteiger partial charge in [0.1, 0.15) is 5.78 Å². The molecule has 6 nitrogen and oxygen atoms in total. The molecule has 1 aliphatic carbocycles. The zero-order valence-electron chi connectivity index (χ0n) is 19.3. The van der Waals surface area contributed by atoms with Crippen LogP contribution in [-0.4, -0.2) is 30.1 Å². The summed E-state index contributed by atoms with van der Waals surface area (Å²) in [5, 5.41) is 5.15. The molecule has 2 aromatic carbocycles. The number of sulfone groups is 1. The molecule has 1 saturated carbocycles. The first kappa shape index (κ1) is 24.9. The lowest BCUT2D eigenvalue weighted by Gasteiger charge is -2.17. The van der Waals surface area contributed by atoms with Gasteiger partial charge in [0.2, 0.25) is 5.89 Å². The van der Waals surface area contributed by atoms with Crippen molar-refractivity contribution in [3.63, 3.8) is 0 Å². The number of hydrogen-bond donors (Lipinski definition) is 0. The van der Waals surface area contributed by atoms with Gasteiger partial charge < -0.3 is 4.52 Å². The molecule has 0 unspecified atom stereocenters. The molecule has 9 heteroatoms. The Kier molecular flexibility index (Phi) is 6.91. The van der Waals surface area contributed by atoms with Gasteiger partial charge in [0.15, 0.2) is 15.7 Å². The van der Waals surface area contributed by atoms with E-state index in [9.17, 15) is 13.2 Å². The highest BCUT2D eigenvalue weighted by atomic mass is 35.5. The number of ketones is 1. The Bertz CT molecular complexity index is 1300. The summed E-state index contributed by atoms with van der Waals surface area (Å²) in [5.74, 6) is 1.32. The number of carbonyl (C=O) groups excluding carboxylic acids is 1. The van der Waals surface area contributed by atoms with E-state index in [2.05, 4.69) is 10.1 Å². The average Bonchev–Trinajstić information content (AvgIpc) is 3.39. The summed E-state index contributed by atoms with van der Waals surface area (Å²) < 4.78 is 29.3. The van der Waals surface area contributed by atoms with Crippen molar-refractivity contribution in [3.05, 3.63) is 74.8 Å². The molecule has 1 heterocycles. The van der Waals surface area contributed by atoms with E-state index in [1.165, 1.54) is 0 Å². The zero-order chi connectivity index (χ0) is 24.7. The number of halogens is 2. The second-order valence-electron chi connectivity index (χ2n) is 9.07. The maximum absolute atomic E-state index is 12.7. The lowest BCUT2D eigenvalue weighted by Crippen LogP contribution is -2.14. The van der Waals surface area contributed by atoms with Gasteiger partial charge in [-0.25, -0.2) is 8.42 Å². The van der Waals surface area contributed by atoms with Crippen molar-refractivity contribution in [1.29, 1.82) is 0 Å². The minimum absolute atomic E-state index is 0.0214. The molecule has 1 aromatic heterocycles. The van der Waals surface area contributed by atoms with Gasteiger partial charge >= 0.3 is 0 Å². The first-order valence-corrected chi connectivity index (χ1v) is 13.6. The van der Waals surface area contributed by atoms with E-state index in [0.717, 1.165) is 29.5 Å². The van der Waals surface area contributed by atoms with E-state index in [4.69, 9.17) is 27.7 Å². The Balaban J connectivity index is 1.49. The standard InChI is InChI=1S/C25H26Cl2N2O4S/c1-4-34(31,32)19-7-5-16(6-8-19)11-18(30)12-17-13-20(26)22(21(27)14-17)25(9-10-25)24-28-23(15(2)3)33-29-24/h5-8,13-15H,4,9-12H2,1-3H3. The molecule has 3 aromatic rings. The monoisotopic (exact) mass is 520 g/mol. The Morgan fingerprint density at radius 1 is 1.06 bits per heavy atom. The van der Waals surface area contributed by atoms with E-state index in [0.29, 0.717) is 21.8 Å². The second kappa shape index (κ2) is 9.44. The van der Waals surface area contributed by atoms with Crippen LogP contribution in [0.25, 0.3) is 0 Å². The average molecular weight is 521 g/mol. The summed E-state index contributed by atoms with van der Waals surface area (Å²) in [6.07, 6.45) is 2.01. The highest BCUT2D eigenvalue weighted by molar-refractivity contribution is 7.91. The quantitative estimate of drug-likeness (QED) is 0.357. The molecule has 4 rings (SSSR count). The molecule has 0 N–H and O–H groups in total. The van der Waals surface area contributed by atoms with Gasteiger partial charge in [0.25, 0.3) is 0 Å². The summed E-state index contributed by atoms with van der Waals surface area (Å²) in [6, 6.07) is 10.00. The third-order valence-electron chi connectivity index (χ3n) is 6.16. The Morgan fingerprint density at radius 3 is 2.15 bits per heavy atom. The van der Waals surface area contributed by atoms with Crippen molar-refractivity contribution in [2.75, 3.05) is 5.75 Å². The van der Waals surface area contributed by atoms with Crippen LogP contribution in [0.4, 0.5) is 0 Å². The fourth-order valence-corrected chi connectivity index (χ4v) is 5.84. The molecule has 0 atom stereocenters. The van der Waals surface area contributed by atoms with Crippen LogP contribution in [-0.2, 0) is 32.9 Å². The maximum atomic E-state index is 12.7. The minimum atomic E-state index is -3.26. The molecule has 0 radical (unpaired) electrons. The molecule has 0 aliphatic heterocycles. The highest BCUT2D eigenvalue weighted by Gasteiger charge is 2.52. The number of hydrogen-bond acceptors (Lipinski definition) is 6. The summed E-state index contributed by atoms with van der Waals surface area (Å²) in [6.45, 7) is 5.58. The van der Waals surface area contributed by atoms with Gasteiger partial charge in [-0.05, 0) is 48.2 Å².